The first-order valence-electron chi connectivity index (χ1n) is 9.04. The molecule has 2 aliphatic rings. The zero-order valence-corrected chi connectivity index (χ0v) is 15.0. The Morgan fingerprint density at radius 1 is 1.23 bits per heavy atom. The first-order valence-corrected chi connectivity index (χ1v) is 9.04. The highest BCUT2D eigenvalue weighted by Gasteiger charge is 2.24. The van der Waals surface area contributed by atoms with Crippen LogP contribution in [0.15, 0.2) is 6.20 Å². The molecule has 0 bridgehead atoms. The number of amides is 2. The first kappa shape index (κ1) is 18.4. The van der Waals surface area contributed by atoms with Gasteiger partial charge >= 0.3 is 0 Å². The fraction of sp³-hybridized carbons (Fsp3) is 0.647. The molecule has 1 saturated carbocycles. The largest absolute Gasteiger partial charge is 0.381 e. The van der Waals surface area contributed by atoms with E-state index in [0.717, 1.165) is 32.1 Å². The summed E-state index contributed by atoms with van der Waals surface area (Å²) in [6.07, 6.45) is 6.80. The number of carbonyl (C=O) groups excluding carboxylic acids is 2. The summed E-state index contributed by atoms with van der Waals surface area (Å²) < 4.78 is 5.39. The number of hydrogen-bond acceptors (Lipinski definition) is 7. The maximum absolute atomic E-state index is 11.7. The number of methoxy groups -OCH3 is 1. The quantitative estimate of drug-likeness (QED) is 0.584. The third-order valence-corrected chi connectivity index (χ3v) is 4.98. The summed E-state index contributed by atoms with van der Waals surface area (Å²) in [5.74, 6) is 0.218. The predicted octanol–water partition coefficient (Wildman–Crippen LogP) is 0.636. The number of hydrogen-bond donors (Lipinski definition) is 4. The van der Waals surface area contributed by atoms with Crippen LogP contribution in [0.4, 0.5) is 11.8 Å². The van der Waals surface area contributed by atoms with Crippen molar-refractivity contribution in [2.45, 2.75) is 56.7 Å². The lowest BCUT2D eigenvalue weighted by Crippen LogP contribution is -2.40. The van der Waals surface area contributed by atoms with Gasteiger partial charge in [0, 0.05) is 38.4 Å². The number of nitrogens with zero attached hydrogens (tertiary/aromatic N) is 2. The molecule has 3 rings (SSSR count). The Hall–Kier alpha value is -2.42. The highest BCUT2D eigenvalue weighted by molar-refractivity contribution is 5.97. The van der Waals surface area contributed by atoms with Crippen LogP contribution in [0.1, 0.15) is 48.9 Å². The fourth-order valence-electron chi connectivity index (χ4n) is 3.47. The van der Waals surface area contributed by atoms with Crippen LogP contribution in [0.25, 0.3) is 0 Å². The van der Waals surface area contributed by atoms with Crippen LogP contribution in [-0.4, -0.2) is 53.6 Å². The van der Waals surface area contributed by atoms with E-state index in [1.165, 1.54) is 6.20 Å². The van der Waals surface area contributed by atoms with Crippen molar-refractivity contribution in [2.24, 2.45) is 5.73 Å². The van der Waals surface area contributed by atoms with E-state index < -0.39 is 5.91 Å². The van der Waals surface area contributed by atoms with E-state index in [4.69, 9.17) is 10.5 Å². The Bertz CT molecular complexity index is 660. The summed E-state index contributed by atoms with van der Waals surface area (Å²) in [7, 11) is 1.74. The van der Waals surface area contributed by atoms with Gasteiger partial charge in [0.2, 0.25) is 11.9 Å². The maximum atomic E-state index is 11.7. The van der Waals surface area contributed by atoms with Crippen molar-refractivity contribution >= 4 is 23.6 Å². The number of aromatic nitrogens is 2. The first-order chi connectivity index (χ1) is 12.5. The second-order valence-electron chi connectivity index (χ2n) is 6.86. The second-order valence-corrected chi connectivity index (χ2v) is 6.86. The Morgan fingerprint density at radius 2 is 2.00 bits per heavy atom. The van der Waals surface area contributed by atoms with Gasteiger partial charge in [-0.05, 0) is 32.1 Å². The van der Waals surface area contributed by atoms with E-state index in [9.17, 15) is 9.59 Å². The third-order valence-electron chi connectivity index (χ3n) is 4.98. The summed E-state index contributed by atoms with van der Waals surface area (Å²) in [5.41, 5.74) is 5.67. The molecule has 1 aromatic heterocycles. The highest BCUT2D eigenvalue weighted by atomic mass is 16.5. The third kappa shape index (κ3) is 4.60. The molecule has 2 amide bonds. The monoisotopic (exact) mass is 362 g/mol. The van der Waals surface area contributed by atoms with Crippen molar-refractivity contribution in [2.75, 3.05) is 24.3 Å². The molecule has 26 heavy (non-hydrogen) atoms. The number of nitrogens with two attached hydrogens (primary N) is 1. The van der Waals surface area contributed by atoms with Gasteiger partial charge in [-0.25, -0.2) is 4.98 Å². The number of nitrogens with one attached hydrogen (secondary N) is 3. The Balaban J connectivity index is 1.69. The molecule has 2 fully saturated rings. The van der Waals surface area contributed by atoms with E-state index >= 15 is 0 Å². The van der Waals surface area contributed by atoms with Gasteiger partial charge in [-0.1, -0.05) is 0 Å². The number of rotatable bonds is 6. The van der Waals surface area contributed by atoms with Crippen LogP contribution in [0, 0.1) is 0 Å². The molecule has 9 heteroatoms. The standard InChI is InChI=1S/C17H26N6O3/c1-26-12-4-2-10(3-5-12)22-17-20-9-13(15(18)25)16(23-17)21-11-6-7-19-14(24)8-11/h9-12H,2-8H2,1H3,(H2,18,25)(H,19,24)(H2,20,21,22,23). The van der Waals surface area contributed by atoms with Crippen LogP contribution in [-0.2, 0) is 9.53 Å². The zero-order chi connectivity index (χ0) is 18.5. The Kier molecular flexibility index (Phi) is 5.87. The van der Waals surface area contributed by atoms with Crippen molar-refractivity contribution in [1.82, 2.24) is 15.3 Å². The van der Waals surface area contributed by atoms with Gasteiger partial charge in [-0.2, -0.15) is 4.98 Å². The molecule has 1 unspecified atom stereocenters. The average molecular weight is 362 g/mol. The number of piperidine rings is 1. The van der Waals surface area contributed by atoms with Crippen molar-refractivity contribution in [1.29, 1.82) is 0 Å². The summed E-state index contributed by atoms with van der Waals surface area (Å²) in [6.45, 7) is 0.599. The molecule has 0 aromatic carbocycles. The molecule has 0 spiro atoms. The zero-order valence-electron chi connectivity index (χ0n) is 15.0. The van der Waals surface area contributed by atoms with E-state index in [-0.39, 0.29) is 23.6 Å². The minimum atomic E-state index is -0.597. The van der Waals surface area contributed by atoms with Gasteiger partial charge in [0.15, 0.2) is 0 Å². The number of anilines is 2. The second kappa shape index (κ2) is 8.31. The lowest BCUT2D eigenvalue weighted by atomic mass is 9.93. The molecule has 1 aliphatic carbocycles. The summed E-state index contributed by atoms with van der Waals surface area (Å²) in [6, 6.07) is 0.191. The summed E-state index contributed by atoms with van der Waals surface area (Å²) in [5, 5.41) is 9.29. The topological polar surface area (TPSA) is 131 Å². The van der Waals surface area contributed by atoms with Crippen LogP contribution in [0.5, 0.6) is 0 Å². The fourth-order valence-corrected chi connectivity index (χ4v) is 3.47. The lowest BCUT2D eigenvalue weighted by Gasteiger charge is -2.28. The van der Waals surface area contributed by atoms with Crippen molar-refractivity contribution in [3.05, 3.63) is 11.8 Å². The van der Waals surface area contributed by atoms with Crippen LogP contribution in [0.3, 0.4) is 0 Å². The highest BCUT2D eigenvalue weighted by Crippen LogP contribution is 2.24. The molecular formula is C17H26N6O3. The van der Waals surface area contributed by atoms with Gasteiger partial charge in [0.25, 0.3) is 5.91 Å². The van der Waals surface area contributed by atoms with E-state index in [2.05, 4.69) is 25.9 Å². The van der Waals surface area contributed by atoms with Gasteiger partial charge < -0.3 is 26.4 Å². The molecule has 142 valence electrons. The minimum Gasteiger partial charge on any atom is -0.381 e. The molecular weight excluding hydrogens is 336 g/mol. The smallest absolute Gasteiger partial charge is 0.254 e. The summed E-state index contributed by atoms with van der Waals surface area (Å²) in [4.78, 5) is 31.9. The van der Waals surface area contributed by atoms with Crippen molar-refractivity contribution in [3.8, 4) is 0 Å². The number of ether oxygens (including phenoxy) is 1. The van der Waals surface area contributed by atoms with E-state index in [1.807, 2.05) is 0 Å². The molecule has 1 aliphatic heterocycles. The van der Waals surface area contributed by atoms with Gasteiger partial charge in [-0.3, -0.25) is 9.59 Å². The number of carbonyl (C=O) groups is 2. The van der Waals surface area contributed by atoms with Gasteiger partial charge in [-0.15, -0.1) is 0 Å². The van der Waals surface area contributed by atoms with Crippen LogP contribution < -0.4 is 21.7 Å². The molecule has 1 atom stereocenters. The van der Waals surface area contributed by atoms with Crippen LogP contribution in [0.2, 0.25) is 0 Å². The van der Waals surface area contributed by atoms with Crippen molar-refractivity contribution in [3.63, 3.8) is 0 Å². The Morgan fingerprint density at radius 3 is 2.65 bits per heavy atom. The lowest BCUT2D eigenvalue weighted by molar-refractivity contribution is -0.122. The minimum absolute atomic E-state index is 0.0170. The normalized spacial score (nSPS) is 26.0. The van der Waals surface area contributed by atoms with Gasteiger partial charge in [0.05, 0.1) is 11.7 Å². The van der Waals surface area contributed by atoms with Gasteiger partial charge in [0.1, 0.15) is 5.82 Å². The van der Waals surface area contributed by atoms with E-state index in [1.54, 1.807) is 7.11 Å². The SMILES string of the molecule is COC1CCC(Nc2ncc(C(N)=O)c(NC3CCNC(=O)C3)n2)CC1. The van der Waals surface area contributed by atoms with Crippen LogP contribution >= 0.6 is 0 Å². The molecule has 2 heterocycles. The molecule has 0 radical (unpaired) electrons. The molecule has 5 N–H and O–H groups in total. The predicted molar refractivity (Wildman–Crippen MR) is 96.9 cm³/mol. The molecule has 9 nitrogen and oxygen atoms in total. The molecule has 1 aromatic rings. The average Bonchev–Trinajstić information content (AvgIpc) is 2.62. The maximum Gasteiger partial charge on any atom is 0.254 e. The Labute approximate surface area is 152 Å². The van der Waals surface area contributed by atoms with Crippen molar-refractivity contribution < 1.29 is 14.3 Å². The van der Waals surface area contributed by atoms with E-state index in [0.29, 0.717) is 30.8 Å². The summed E-state index contributed by atoms with van der Waals surface area (Å²) >= 11 is 0. The molecule has 1 saturated heterocycles. The number of primary amides is 1.